The molecule has 1 N–H and O–H groups in total. The van der Waals surface area contributed by atoms with Gasteiger partial charge in [0.1, 0.15) is 0 Å². The zero-order valence-corrected chi connectivity index (χ0v) is 11.3. The van der Waals surface area contributed by atoms with Crippen molar-refractivity contribution >= 4 is 24.1 Å². The van der Waals surface area contributed by atoms with Crippen LogP contribution in [0.3, 0.4) is 0 Å². The number of ether oxygens (including phenoxy) is 1. The molecule has 18 heavy (non-hydrogen) atoms. The fourth-order valence-corrected chi connectivity index (χ4v) is 1.97. The predicted molar refractivity (Wildman–Crippen MR) is 74.7 cm³/mol. The molecule has 0 unspecified atom stereocenters. The van der Waals surface area contributed by atoms with Crippen molar-refractivity contribution in [3.63, 3.8) is 0 Å². The van der Waals surface area contributed by atoms with Crippen LogP contribution in [0.25, 0.3) is 0 Å². The maximum absolute atomic E-state index is 11.6. The minimum Gasteiger partial charge on any atom is -0.462 e. The maximum Gasteiger partial charge on any atom is 0.338 e. The van der Waals surface area contributed by atoms with Gasteiger partial charge in [0.2, 0.25) is 0 Å². The molecule has 100 valence electrons. The normalized spacial score (nSPS) is 14.8. The molecular weight excluding hydrogens is 252 g/mol. The number of hydrogen-bond donors (Lipinski definition) is 1. The van der Waals surface area contributed by atoms with Crippen LogP contribution in [0, 0.1) is 0 Å². The Morgan fingerprint density at radius 2 is 2.11 bits per heavy atom. The van der Waals surface area contributed by atoms with Gasteiger partial charge in [-0.05, 0) is 25.1 Å². The summed E-state index contributed by atoms with van der Waals surface area (Å²) in [6.45, 7) is 6.17. The molecule has 4 nitrogen and oxygen atoms in total. The van der Waals surface area contributed by atoms with Gasteiger partial charge in [-0.1, -0.05) is 6.07 Å². The molecule has 0 aliphatic carbocycles. The third kappa shape index (κ3) is 3.62. The Bertz CT molecular complexity index is 392. The van der Waals surface area contributed by atoms with Gasteiger partial charge in [-0.25, -0.2) is 4.79 Å². The first kappa shape index (κ1) is 14.8. The van der Waals surface area contributed by atoms with E-state index in [2.05, 4.69) is 10.2 Å². The quantitative estimate of drug-likeness (QED) is 0.849. The van der Waals surface area contributed by atoms with Crippen LogP contribution in [0.15, 0.2) is 24.3 Å². The zero-order valence-electron chi connectivity index (χ0n) is 10.5. The number of nitrogens with one attached hydrogen (secondary N) is 1. The van der Waals surface area contributed by atoms with Gasteiger partial charge >= 0.3 is 5.97 Å². The summed E-state index contributed by atoms with van der Waals surface area (Å²) in [5.41, 5.74) is 1.72. The molecule has 0 saturated carbocycles. The molecule has 1 saturated heterocycles. The van der Waals surface area contributed by atoms with Gasteiger partial charge in [0.15, 0.2) is 0 Å². The summed E-state index contributed by atoms with van der Waals surface area (Å²) in [4.78, 5) is 13.9. The first-order valence-corrected chi connectivity index (χ1v) is 6.04. The smallest absolute Gasteiger partial charge is 0.338 e. The molecule has 0 atom stereocenters. The Hall–Kier alpha value is -1.26. The minimum atomic E-state index is -0.246. The Morgan fingerprint density at radius 1 is 1.39 bits per heavy atom. The van der Waals surface area contributed by atoms with Crippen molar-refractivity contribution in [2.24, 2.45) is 0 Å². The predicted octanol–water partition coefficient (Wildman–Crippen LogP) is 1.69. The molecule has 0 bridgehead atoms. The van der Waals surface area contributed by atoms with Crippen molar-refractivity contribution in [3.8, 4) is 0 Å². The Morgan fingerprint density at radius 3 is 2.78 bits per heavy atom. The Labute approximate surface area is 114 Å². The van der Waals surface area contributed by atoms with Crippen molar-refractivity contribution in [1.82, 2.24) is 5.32 Å². The summed E-state index contributed by atoms with van der Waals surface area (Å²) in [6, 6.07) is 7.64. The van der Waals surface area contributed by atoms with Crippen molar-refractivity contribution < 1.29 is 9.53 Å². The minimum absolute atomic E-state index is 0. The lowest BCUT2D eigenvalue weighted by Gasteiger charge is -2.29. The molecule has 1 aromatic carbocycles. The number of halogens is 1. The number of carbonyl (C=O) groups is 1. The van der Waals surface area contributed by atoms with E-state index in [1.165, 1.54) is 0 Å². The molecule has 0 radical (unpaired) electrons. The number of carbonyl (C=O) groups excluding carboxylic acids is 1. The lowest BCUT2D eigenvalue weighted by atomic mass is 10.2. The van der Waals surface area contributed by atoms with E-state index in [9.17, 15) is 4.79 Å². The SMILES string of the molecule is CCOC(=O)c1cccc(N2CCNCC2)c1.Cl. The summed E-state index contributed by atoms with van der Waals surface area (Å²) >= 11 is 0. The van der Waals surface area contributed by atoms with Gasteiger partial charge in [0.25, 0.3) is 0 Å². The zero-order chi connectivity index (χ0) is 12.1. The second-order valence-electron chi connectivity index (χ2n) is 4.01. The number of piperazine rings is 1. The summed E-state index contributed by atoms with van der Waals surface area (Å²) in [7, 11) is 0. The van der Waals surface area contributed by atoms with Crippen LogP contribution in [-0.4, -0.2) is 38.8 Å². The number of hydrogen-bond acceptors (Lipinski definition) is 4. The third-order valence-electron chi connectivity index (χ3n) is 2.84. The van der Waals surface area contributed by atoms with Gasteiger partial charge in [0, 0.05) is 31.9 Å². The van der Waals surface area contributed by atoms with Gasteiger partial charge in [-0.2, -0.15) is 0 Å². The highest BCUT2D eigenvalue weighted by molar-refractivity contribution is 5.90. The molecule has 0 spiro atoms. The van der Waals surface area contributed by atoms with Crippen LogP contribution >= 0.6 is 12.4 Å². The molecule has 1 aliphatic heterocycles. The van der Waals surface area contributed by atoms with Crippen LogP contribution in [0.1, 0.15) is 17.3 Å². The fraction of sp³-hybridized carbons (Fsp3) is 0.462. The van der Waals surface area contributed by atoms with E-state index in [1.807, 2.05) is 25.1 Å². The Kier molecular flexibility index (Phi) is 5.95. The fourth-order valence-electron chi connectivity index (χ4n) is 1.97. The highest BCUT2D eigenvalue weighted by Crippen LogP contribution is 2.17. The topological polar surface area (TPSA) is 41.6 Å². The molecule has 1 aromatic rings. The number of benzene rings is 1. The molecule has 0 aromatic heterocycles. The number of nitrogens with zero attached hydrogens (tertiary/aromatic N) is 1. The van der Waals surface area contributed by atoms with E-state index in [-0.39, 0.29) is 18.4 Å². The monoisotopic (exact) mass is 270 g/mol. The highest BCUT2D eigenvalue weighted by atomic mass is 35.5. The molecule has 5 heteroatoms. The Balaban J connectivity index is 0.00000162. The number of rotatable bonds is 3. The van der Waals surface area contributed by atoms with E-state index >= 15 is 0 Å². The summed E-state index contributed by atoms with van der Waals surface area (Å²) in [6.07, 6.45) is 0. The van der Waals surface area contributed by atoms with E-state index in [0.717, 1.165) is 31.9 Å². The van der Waals surface area contributed by atoms with Gasteiger partial charge in [-0.15, -0.1) is 12.4 Å². The second kappa shape index (κ2) is 7.24. The maximum atomic E-state index is 11.6. The van der Waals surface area contributed by atoms with E-state index in [0.29, 0.717) is 12.2 Å². The van der Waals surface area contributed by atoms with Crippen LogP contribution in [0.4, 0.5) is 5.69 Å². The van der Waals surface area contributed by atoms with Crippen molar-refractivity contribution in [2.45, 2.75) is 6.92 Å². The molecule has 1 heterocycles. The highest BCUT2D eigenvalue weighted by Gasteiger charge is 2.13. The first-order valence-electron chi connectivity index (χ1n) is 6.04. The van der Waals surface area contributed by atoms with Crippen LogP contribution in [-0.2, 0) is 4.74 Å². The molecule has 2 rings (SSSR count). The molecule has 0 amide bonds. The molecular formula is C13H19ClN2O2. The van der Waals surface area contributed by atoms with Gasteiger partial charge in [-0.3, -0.25) is 0 Å². The van der Waals surface area contributed by atoms with Gasteiger partial charge in [0.05, 0.1) is 12.2 Å². The van der Waals surface area contributed by atoms with E-state index in [1.54, 1.807) is 6.07 Å². The van der Waals surface area contributed by atoms with Crippen LogP contribution in [0.2, 0.25) is 0 Å². The van der Waals surface area contributed by atoms with Crippen LogP contribution < -0.4 is 10.2 Å². The van der Waals surface area contributed by atoms with Crippen molar-refractivity contribution in [2.75, 3.05) is 37.7 Å². The average molecular weight is 271 g/mol. The van der Waals surface area contributed by atoms with E-state index < -0.39 is 0 Å². The summed E-state index contributed by atoms with van der Waals surface area (Å²) in [5, 5.41) is 3.31. The lowest BCUT2D eigenvalue weighted by molar-refractivity contribution is 0.0526. The molecule has 1 aliphatic rings. The first-order chi connectivity index (χ1) is 8.31. The lowest BCUT2D eigenvalue weighted by Crippen LogP contribution is -2.43. The average Bonchev–Trinajstić information content (AvgIpc) is 2.40. The van der Waals surface area contributed by atoms with Crippen LogP contribution in [0.5, 0.6) is 0 Å². The summed E-state index contributed by atoms with van der Waals surface area (Å²) in [5.74, 6) is -0.246. The van der Waals surface area contributed by atoms with Crippen molar-refractivity contribution in [1.29, 1.82) is 0 Å². The number of esters is 1. The largest absolute Gasteiger partial charge is 0.462 e. The van der Waals surface area contributed by atoms with Crippen molar-refractivity contribution in [3.05, 3.63) is 29.8 Å². The standard InChI is InChI=1S/C13H18N2O2.ClH/c1-2-17-13(16)11-4-3-5-12(10-11)15-8-6-14-7-9-15;/h3-5,10,14H,2,6-9H2,1H3;1H. The number of anilines is 1. The molecule has 1 fully saturated rings. The second-order valence-corrected chi connectivity index (χ2v) is 4.01. The van der Waals surface area contributed by atoms with Gasteiger partial charge < -0.3 is 15.0 Å². The summed E-state index contributed by atoms with van der Waals surface area (Å²) < 4.78 is 5.00. The third-order valence-corrected chi connectivity index (χ3v) is 2.84. The van der Waals surface area contributed by atoms with E-state index in [4.69, 9.17) is 4.74 Å².